The summed E-state index contributed by atoms with van der Waals surface area (Å²) in [6.45, 7) is 4.34. The van der Waals surface area contributed by atoms with Gasteiger partial charge >= 0.3 is 0 Å². The zero-order valence-corrected chi connectivity index (χ0v) is 21.8. The topological polar surface area (TPSA) is 127 Å². The summed E-state index contributed by atoms with van der Waals surface area (Å²) in [5.41, 5.74) is 0.619. The Bertz CT molecular complexity index is 1400. The molecule has 38 heavy (non-hydrogen) atoms. The van der Waals surface area contributed by atoms with Crippen LogP contribution in [0.4, 0.5) is 0 Å². The second-order valence-electron chi connectivity index (χ2n) is 9.21. The Kier molecular flexibility index (Phi) is 7.98. The first-order valence-corrected chi connectivity index (χ1v) is 12.3. The summed E-state index contributed by atoms with van der Waals surface area (Å²) in [7, 11) is 2.92. The molecule has 1 N–H and O–H groups in total. The Labute approximate surface area is 220 Å². The van der Waals surface area contributed by atoms with E-state index in [9.17, 15) is 14.7 Å². The minimum atomic E-state index is -0.755. The van der Waals surface area contributed by atoms with E-state index in [4.69, 9.17) is 19.5 Å². The van der Waals surface area contributed by atoms with Crippen molar-refractivity contribution in [3.05, 3.63) is 75.3 Å². The molecule has 3 aromatic rings. The van der Waals surface area contributed by atoms with Gasteiger partial charge in [-0.05, 0) is 50.1 Å². The maximum absolute atomic E-state index is 13.9. The van der Waals surface area contributed by atoms with E-state index in [-0.39, 0.29) is 30.1 Å². The van der Waals surface area contributed by atoms with Crippen molar-refractivity contribution in [1.29, 1.82) is 5.26 Å². The third kappa shape index (κ3) is 5.19. The monoisotopic (exact) mass is 518 g/mol. The van der Waals surface area contributed by atoms with Crippen molar-refractivity contribution in [1.82, 2.24) is 14.5 Å². The fourth-order valence-electron chi connectivity index (χ4n) is 4.57. The molecule has 1 amide bonds. The molecule has 1 saturated heterocycles. The van der Waals surface area contributed by atoms with Crippen LogP contribution < -0.4 is 15.0 Å². The van der Waals surface area contributed by atoms with Gasteiger partial charge in [0, 0.05) is 19.0 Å². The van der Waals surface area contributed by atoms with Crippen molar-refractivity contribution < 1.29 is 24.1 Å². The molecule has 0 radical (unpaired) electrons. The summed E-state index contributed by atoms with van der Waals surface area (Å²) in [6, 6.07) is 14.4. The minimum absolute atomic E-state index is 0.0389. The van der Waals surface area contributed by atoms with E-state index in [0.29, 0.717) is 36.6 Å². The van der Waals surface area contributed by atoms with Crippen molar-refractivity contribution in [3.8, 4) is 29.1 Å². The number of hydrogen-bond acceptors (Lipinski definition) is 8. The van der Waals surface area contributed by atoms with Gasteiger partial charge in [-0.3, -0.25) is 14.2 Å². The van der Waals surface area contributed by atoms with Gasteiger partial charge in [-0.1, -0.05) is 18.2 Å². The van der Waals surface area contributed by atoms with Crippen molar-refractivity contribution in [2.24, 2.45) is 0 Å². The zero-order chi connectivity index (χ0) is 27.4. The highest BCUT2D eigenvalue weighted by atomic mass is 16.5. The third-order valence-electron chi connectivity index (χ3n) is 6.51. The molecular weight excluding hydrogens is 488 g/mol. The van der Waals surface area contributed by atoms with Crippen LogP contribution in [0.1, 0.15) is 53.5 Å². The molecule has 0 bridgehead atoms. The van der Waals surface area contributed by atoms with Crippen LogP contribution in [0.2, 0.25) is 0 Å². The van der Waals surface area contributed by atoms with Crippen LogP contribution in [-0.2, 0) is 11.3 Å². The number of nitrogens with zero attached hydrogens (tertiary/aromatic N) is 4. The van der Waals surface area contributed by atoms with Gasteiger partial charge in [0.2, 0.25) is 5.88 Å². The SMILES string of the molecule is COc1cccc(OC)c1-n1c(COC(C)C)nc(O)c(C(=O)N2CCC(c3ccc(C#N)cc3)C2)c1=O. The lowest BCUT2D eigenvalue weighted by Gasteiger charge is -2.21. The first-order chi connectivity index (χ1) is 18.3. The lowest BCUT2D eigenvalue weighted by atomic mass is 9.97. The third-order valence-corrected chi connectivity index (χ3v) is 6.51. The van der Waals surface area contributed by atoms with Gasteiger partial charge in [-0.2, -0.15) is 10.2 Å². The Morgan fingerprint density at radius 1 is 1.16 bits per heavy atom. The standard InChI is InChI=1S/C28H30N4O6/c1-17(2)38-16-23-30-26(33)24(28(35)32(23)25-21(36-3)6-5-7-22(25)37-4)27(34)31-13-12-20(15-31)19-10-8-18(14-29)9-11-19/h5-11,17,20,33H,12-13,15-16H2,1-4H3. The molecule has 1 aromatic heterocycles. The first-order valence-electron chi connectivity index (χ1n) is 12.3. The van der Waals surface area contributed by atoms with Crippen LogP contribution in [0, 0.1) is 11.3 Å². The summed E-state index contributed by atoms with van der Waals surface area (Å²) >= 11 is 0. The van der Waals surface area contributed by atoms with E-state index in [1.165, 1.54) is 23.7 Å². The summed E-state index contributed by atoms with van der Waals surface area (Å²) in [5.74, 6) is -0.491. The zero-order valence-electron chi connectivity index (χ0n) is 21.8. The van der Waals surface area contributed by atoms with E-state index >= 15 is 0 Å². The largest absolute Gasteiger partial charge is 0.494 e. The summed E-state index contributed by atoms with van der Waals surface area (Å²) in [6.07, 6.45) is 0.507. The molecule has 198 valence electrons. The van der Waals surface area contributed by atoms with E-state index in [2.05, 4.69) is 11.1 Å². The first kappa shape index (κ1) is 26.7. The number of benzene rings is 2. The average molecular weight is 519 g/mol. The fourth-order valence-corrected chi connectivity index (χ4v) is 4.57. The number of amides is 1. The van der Waals surface area contributed by atoms with Crippen molar-refractivity contribution in [2.75, 3.05) is 27.3 Å². The molecule has 1 aliphatic rings. The molecule has 1 unspecified atom stereocenters. The Morgan fingerprint density at radius 2 is 1.82 bits per heavy atom. The van der Waals surface area contributed by atoms with Crippen LogP contribution in [0.3, 0.4) is 0 Å². The van der Waals surface area contributed by atoms with Gasteiger partial charge in [0.05, 0.1) is 32.0 Å². The number of carbonyl (C=O) groups excluding carboxylic acids is 1. The molecule has 0 aliphatic carbocycles. The van der Waals surface area contributed by atoms with E-state index < -0.39 is 22.9 Å². The predicted octanol–water partition coefficient (Wildman–Crippen LogP) is 3.38. The van der Waals surface area contributed by atoms with Gasteiger partial charge in [0.25, 0.3) is 11.5 Å². The van der Waals surface area contributed by atoms with Gasteiger partial charge in [-0.25, -0.2) is 0 Å². The molecule has 0 spiro atoms. The van der Waals surface area contributed by atoms with Gasteiger partial charge < -0.3 is 24.2 Å². The van der Waals surface area contributed by atoms with Gasteiger partial charge in [0.1, 0.15) is 29.6 Å². The lowest BCUT2D eigenvalue weighted by molar-refractivity contribution is 0.0591. The van der Waals surface area contributed by atoms with E-state index in [0.717, 1.165) is 5.56 Å². The number of likely N-dealkylation sites (tertiary alicyclic amines) is 1. The predicted molar refractivity (Wildman–Crippen MR) is 139 cm³/mol. The van der Waals surface area contributed by atoms with Crippen LogP contribution in [0.25, 0.3) is 5.69 Å². The maximum Gasteiger partial charge on any atom is 0.275 e. The molecule has 2 heterocycles. The highest BCUT2D eigenvalue weighted by molar-refractivity contribution is 5.96. The highest BCUT2D eigenvalue weighted by Crippen LogP contribution is 2.34. The number of rotatable bonds is 8. The molecule has 1 fully saturated rings. The van der Waals surface area contributed by atoms with Gasteiger partial charge in [-0.15, -0.1) is 0 Å². The van der Waals surface area contributed by atoms with Gasteiger partial charge in [0.15, 0.2) is 5.56 Å². The Balaban J connectivity index is 1.77. The molecule has 1 aliphatic heterocycles. The second kappa shape index (κ2) is 11.4. The van der Waals surface area contributed by atoms with Crippen LogP contribution >= 0.6 is 0 Å². The smallest absolute Gasteiger partial charge is 0.275 e. The number of hydrogen-bond donors (Lipinski definition) is 1. The maximum atomic E-state index is 13.9. The number of aromatic hydroxyl groups is 1. The van der Waals surface area contributed by atoms with Crippen LogP contribution in [-0.4, -0.2) is 58.9 Å². The molecule has 0 saturated carbocycles. The average Bonchev–Trinajstić information content (AvgIpc) is 3.42. The number of nitriles is 1. The number of methoxy groups -OCH3 is 2. The molecule has 4 rings (SSSR count). The van der Waals surface area contributed by atoms with E-state index in [1.54, 1.807) is 30.3 Å². The number of para-hydroxylation sites is 1. The molecule has 10 nitrogen and oxygen atoms in total. The van der Waals surface area contributed by atoms with Crippen LogP contribution in [0.5, 0.6) is 17.4 Å². The fraction of sp³-hybridized carbons (Fsp3) is 0.357. The molecule has 1 atom stereocenters. The van der Waals surface area contributed by atoms with Crippen molar-refractivity contribution >= 4 is 5.91 Å². The molecule has 10 heteroatoms. The highest BCUT2D eigenvalue weighted by Gasteiger charge is 2.33. The number of ether oxygens (including phenoxy) is 3. The Hall–Kier alpha value is -4.36. The normalized spacial score (nSPS) is 14.9. The van der Waals surface area contributed by atoms with Crippen molar-refractivity contribution in [3.63, 3.8) is 0 Å². The summed E-state index contributed by atoms with van der Waals surface area (Å²) in [4.78, 5) is 33.3. The lowest BCUT2D eigenvalue weighted by Crippen LogP contribution is -2.37. The summed E-state index contributed by atoms with van der Waals surface area (Å²) < 4.78 is 17.9. The minimum Gasteiger partial charge on any atom is -0.494 e. The molecular formula is C28H30N4O6. The van der Waals surface area contributed by atoms with Crippen molar-refractivity contribution in [2.45, 2.75) is 38.9 Å². The van der Waals surface area contributed by atoms with Crippen LogP contribution in [0.15, 0.2) is 47.3 Å². The Morgan fingerprint density at radius 3 is 2.39 bits per heavy atom. The van der Waals surface area contributed by atoms with E-state index in [1.807, 2.05) is 26.0 Å². The number of aromatic nitrogens is 2. The quantitative estimate of drug-likeness (QED) is 0.481. The summed E-state index contributed by atoms with van der Waals surface area (Å²) in [5, 5.41) is 19.9. The molecule has 2 aromatic carbocycles. The number of carbonyl (C=O) groups is 1. The second-order valence-corrected chi connectivity index (χ2v) is 9.21.